The van der Waals surface area contributed by atoms with Gasteiger partial charge in [0.1, 0.15) is 11.3 Å². The van der Waals surface area contributed by atoms with Crippen molar-refractivity contribution in [2.24, 2.45) is 0 Å². The SMILES string of the molecule is CN1CCC(n2cc(-c3cnc(N)c(-c4nc5ccccc5o4)c3)c(N(C)C)n2)CC1. The summed E-state index contributed by atoms with van der Waals surface area (Å²) in [5.74, 6) is 1.78. The summed E-state index contributed by atoms with van der Waals surface area (Å²) in [5.41, 5.74) is 10.4. The molecule has 0 atom stereocenters. The highest BCUT2D eigenvalue weighted by Crippen LogP contribution is 2.36. The first-order valence-corrected chi connectivity index (χ1v) is 10.6. The highest BCUT2D eigenvalue weighted by atomic mass is 16.3. The second-order valence-electron chi connectivity index (χ2n) is 8.42. The molecule has 0 amide bonds. The van der Waals surface area contributed by atoms with Crippen molar-refractivity contribution in [3.63, 3.8) is 0 Å². The van der Waals surface area contributed by atoms with Crippen LogP contribution >= 0.6 is 0 Å². The van der Waals surface area contributed by atoms with E-state index in [1.165, 1.54) is 0 Å². The van der Waals surface area contributed by atoms with Crippen molar-refractivity contribution in [3.05, 3.63) is 42.7 Å². The summed E-state index contributed by atoms with van der Waals surface area (Å²) in [6, 6.07) is 10.1. The molecular formula is C23H27N7O. The van der Waals surface area contributed by atoms with E-state index >= 15 is 0 Å². The molecule has 4 heterocycles. The van der Waals surface area contributed by atoms with Crippen molar-refractivity contribution in [1.29, 1.82) is 0 Å². The second kappa shape index (κ2) is 7.70. The van der Waals surface area contributed by atoms with Crippen LogP contribution in [0.3, 0.4) is 0 Å². The number of hydrogen-bond donors (Lipinski definition) is 1. The Kier molecular flexibility index (Phi) is 4.86. The summed E-state index contributed by atoms with van der Waals surface area (Å²) < 4.78 is 8.07. The van der Waals surface area contributed by atoms with Gasteiger partial charge in [0.05, 0.1) is 11.6 Å². The summed E-state index contributed by atoms with van der Waals surface area (Å²) in [4.78, 5) is 13.5. The maximum atomic E-state index is 6.21. The summed E-state index contributed by atoms with van der Waals surface area (Å²) in [5, 5.41) is 4.92. The Morgan fingerprint density at radius 3 is 2.65 bits per heavy atom. The first-order chi connectivity index (χ1) is 15.0. The lowest BCUT2D eigenvalue weighted by molar-refractivity contribution is 0.212. The zero-order valence-electron chi connectivity index (χ0n) is 18.1. The molecule has 160 valence electrons. The van der Waals surface area contributed by atoms with Crippen LogP contribution in [0.25, 0.3) is 33.7 Å². The minimum Gasteiger partial charge on any atom is -0.436 e. The number of aromatic nitrogens is 4. The van der Waals surface area contributed by atoms with E-state index in [4.69, 9.17) is 15.2 Å². The largest absolute Gasteiger partial charge is 0.436 e. The molecule has 1 fully saturated rings. The lowest BCUT2D eigenvalue weighted by atomic mass is 10.1. The quantitative estimate of drug-likeness (QED) is 0.542. The Balaban J connectivity index is 1.56. The molecule has 1 aromatic carbocycles. The highest BCUT2D eigenvalue weighted by Gasteiger charge is 2.23. The fraction of sp³-hybridized carbons (Fsp3) is 0.348. The molecule has 0 spiro atoms. The summed E-state index contributed by atoms with van der Waals surface area (Å²) in [6.07, 6.45) is 6.12. The molecule has 3 aromatic heterocycles. The number of para-hydroxylation sites is 2. The number of pyridine rings is 1. The number of rotatable bonds is 4. The van der Waals surface area contributed by atoms with Gasteiger partial charge in [-0.15, -0.1) is 0 Å². The third kappa shape index (κ3) is 3.63. The van der Waals surface area contributed by atoms with Crippen molar-refractivity contribution in [3.8, 4) is 22.6 Å². The van der Waals surface area contributed by atoms with Gasteiger partial charge in [0.25, 0.3) is 0 Å². The Hall–Kier alpha value is -3.39. The van der Waals surface area contributed by atoms with Crippen LogP contribution in [-0.4, -0.2) is 58.9 Å². The maximum absolute atomic E-state index is 6.21. The molecule has 31 heavy (non-hydrogen) atoms. The minimum absolute atomic E-state index is 0.393. The summed E-state index contributed by atoms with van der Waals surface area (Å²) in [7, 11) is 6.19. The predicted molar refractivity (Wildman–Crippen MR) is 123 cm³/mol. The third-order valence-corrected chi connectivity index (χ3v) is 5.95. The maximum Gasteiger partial charge on any atom is 0.231 e. The van der Waals surface area contributed by atoms with E-state index in [1.807, 2.05) is 49.3 Å². The summed E-state index contributed by atoms with van der Waals surface area (Å²) in [6.45, 7) is 2.17. The van der Waals surface area contributed by atoms with Crippen molar-refractivity contribution in [2.75, 3.05) is 44.9 Å². The number of hydrogen-bond acceptors (Lipinski definition) is 7. The number of oxazole rings is 1. The van der Waals surface area contributed by atoms with Gasteiger partial charge < -0.3 is 20.0 Å². The van der Waals surface area contributed by atoms with Crippen LogP contribution in [0.1, 0.15) is 18.9 Å². The van der Waals surface area contributed by atoms with E-state index in [9.17, 15) is 0 Å². The third-order valence-electron chi connectivity index (χ3n) is 5.95. The van der Waals surface area contributed by atoms with E-state index in [0.29, 0.717) is 23.3 Å². The van der Waals surface area contributed by atoms with Gasteiger partial charge >= 0.3 is 0 Å². The highest BCUT2D eigenvalue weighted by molar-refractivity contribution is 5.83. The van der Waals surface area contributed by atoms with Crippen molar-refractivity contribution >= 4 is 22.7 Å². The number of nitrogens with two attached hydrogens (primary N) is 1. The zero-order chi connectivity index (χ0) is 21.5. The van der Waals surface area contributed by atoms with Gasteiger partial charge in [-0.1, -0.05) is 12.1 Å². The molecule has 1 aliphatic rings. The van der Waals surface area contributed by atoms with Crippen molar-refractivity contribution in [1.82, 2.24) is 24.6 Å². The van der Waals surface area contributed by atoms with Crippen LogP contribution < -0.4 is 10.6 Å². The average molecular weight is 418 g/mol. The van der Waals surface area contributed by atoms with Crippen LogP contribution in [0.2, 0.25) is 0 Å². The van der Waals surface area contributed by atoms with Crippen LogP contribution in [0.4, 0.5) is 11.6 Å². The van der Waals surface area contributed by atoms with Crippen LogP contribution in [0.5, 0.6) is 0 Å². The number of nitrogens with zero attached hydrogens (tertiary/aromatic N) is 6. The monoisotopic (exact) mass is 417 g/mol. The van der Waals surface area contributed by atoms with Gasteiger partial charge in [-0.05, 0) is 51.2 Å². The first-order valence-electron chi connectivity index (χ1n) is 10.6. The van der Waals surface area contributed by atoms with E-state index in [-0.39, 0.29) is 0 Å². The molecule has 1 aliphatic heterocycles. The van der Waals surface area contributed by atoms with Crippen LogP contribution in [-0.2, 0) is 0 Å². The van der Waals surface area contributed by atoms with E-state index in [1.54, 1.807) is 6.20 Å². The molecule has 0 bridgehead atoms. The second-order valence-corrected chi connectivity index (χ2v) is 8.42. The molecule has 0 radical (unpaired) electrons. The number of likely N-dealkylation sites (tertiary alicyclic amines) is 1. The Morgan fingerprint density at radius 1 is 1.13 bits per heavy atom. The van der Waals surface area contributed by atoms with E-state index in [2.05, 4.69) is 32.8 Å². The van der Waals surface area contributed by atoms with Crippen molar-refractivity contribution < 1.29 is 4.42 Å². The predicted octanol–water partition coefficient (Wildman–Crippen LogP) is 3.67. The molecule has 8 nitrogen and oxygen atoms in total. The average Bonchev–Trinajstić information content (AvgIpc) is 3.39. The van der Waals surface area contributed by atoms with E-state index in [0.717, 1.165) is 54.0 Å². The van der Waals surface area contributed by atoms with Crippen LogP contribution in [0, 0.1) is 0 Å². The van der Waals surface area contributed by atoms with Crippen LogP contribution in [0.15, 0.2) is 47.1 Å². The molecule has 0 aliphatic carbocycles. The topological polar surface area (TPSA) is 89.2 Å². The Bertz CT molecular complexity index is 1180. The molecule has 0 unspecified atom stereocenters. The van der Waals surface area contributed by atoms with Gasteiger partial charge in [-0.3, -0.25) is 4.68 Å². The zero-order valence-corrected chi connectivity index (χ0v) is 18.1. The first kappa shape index (κ1) is 19.6. The summed E-state index contributed by atoms with van der Waals surface area (Å²) >= 11 is 0. The van der Waals surface area contributed by atoms with E-state index < -0.39 is 0 Å². The van der Waals surface area contributed by atoms with Gasteiger partial charge in [0, 0.05) is 37.6 Å². The molecule has 1 saturated heterocycles. The Morgan fingerprint density at radius 2 is 1.90 bits per heavy atom. The molecule has 8 heteroatoms. The number of nitrogen functional groups attached to an aromatic ring is 1. The normalized spacial score (nSPS) is 15.6. The molecule has 0 saturated carbocycles. The molecule has 4 aromatic rings. The number of fused-ring (bicyclic) bond motifs is 1. The lowest BCUT2D eigenvalue weighted by Crippen LogP contribution is -2.31. The van der Waals surface area contributed by atoms with Gasteiger partial charge in [0.15, 0.2) is 11.4 Å². The van der Waals surface area contributed by atoms with Gasteiger partial charge in [0.2, 0.25) is 5.89 Å². The number of benzene rings is 1. The fourth-order valence-electron chi connectivity index (χ4n) is 4.14. The molecule has 5 rings (SSSR count). The molecule has 2 N–H and O–H groups in total. The molecular weight excluding hydrogens is 390 g/mol. The lowest BCUT2D eigenvalue weighted by Gasteiger charge is -2.29. The smallest absolute Gasteiger partial charge is 0.231 e. The van der Waals surface area contributed by atoms with Gasteiger partial charge in [-0.2, -0.15) is 5.10 Å². The number of anilines is 2. The van der Waals surface area contributed by atoms with Gasteiger partial charge in [-0.25, -0.2) is 9.97 Å². The fourth-order valence-corrected chi connectivity index (χ4v) is 4.14. The standard InChI is InChI=1S/C23H27N7O/c1-28(2)22-18(14-30(27-22)16-8-10-29(3)11-9-16)15-12-17(21(24)25-13-15)23-26-19-6-4-5-7-20(19)31-23/h4-7,12-14,16H,8-11H2,1-3H3,(H2,24,25). The Labute approximate surface area is 181 Å². The van der Waals surface area contributed by atoms with Crippen molar-refractivity contribution in [2.45, 2.75) is 18.9 Å². The number of piperidine rings is 1. The minimum atomic E-state index is 0.393.